The summed E-state index contributed by atoms with van der Waals surface area (Å²) >= 11 is 0. The maximum atomic E-state index is 11.8. The van der Waals surface area contributed by atoms with Gasteiger partial charge in [-0.05, 0) is 6.08 Å². The Morgan fingerprint density at radius 1 is 1.47 bits per heavy atom. The van der Waals surface area contributed by atoms with Gasteiger partial charge in [0.2, 0.25) is 5.91 Å². The fourth-order valence-electron chi connectivity index (χ4n) is 1.57. The molecule has 8 heteroatoms. The largest absolute Gasteiger partial charge is 0.411 e. The van der Waals surface area contributed by atoms with E-state index in [1.165, 1.54) is 17.2 Å². The molecule has 0 fully saturated rings. The number of nitrogens with two attached hydrogens (primary N) is 1. The van der Waals surface area contributed by atoms with Crippen molar-refractivity contribution in [1.82, 2.24) is 4.90 Å². The van der Waals surface area contributed by atoms with Crippen molar-refractivity contribution in [3.05, 3.63) is 24.4 Å². The molecule has 19 heavy (non-hydrogen) atoms. The molecule has 108 valence electrons. The molecule has 1 aliphatic heterocycles. The van der Waals surface area contributed by atoms with E-state index in [-0.39, 0.29) is 6.54 Å². The molecule has 0 saturated heterocycles. The minimum Gasteiger partial charge on any atom is -0.389 e. The lowest BCUT2D eigenvalue weighted by Crippen LogP contribution is -2.45. The van der Waals surface area contributed by atoms with Crippen LogP contribution < -0.4 is 5.73 Å². The van der Waals surface area contributed by atoms with E-state index in [2.05, 4.69) is 4.74 Å². The van der Waals surface area contributed by atoms with Crippen LogP contribution in [0.4, 0.5) is 13.2 Å². The Balaban J connectivity index is 2.39. The second-order valence-electron chi connectivity index (χ2n) is 4.05. The predicted octanol–water partition coefficient (Wildman–Crippen LogP) is 0.166. The van der Waals surface area contributed by atoms with Crippen molar-refractivity contribution >= 4 is 5.91 Å². The lowest BCUT2D eigenvalue weighted by Gasteiger charge is -2.29. The number of ether oxygens (including phenoxy) is 1. The second-order valence-corrected chi connectivity index (χ2v) is 4.05. The van der Waals surface area contributed by atoms with E-state index in [9.17, 15) is 23.1 Å². The molecule has 2 unspecified atom stereocenters. The first-order chi connectivity index (χ1) is 8.79. The molecule has 1 amide bonds. The van der Waals surface area contributed by atoms with Crippen LogP contribution in [-0.2, 0) is 9.53 Å². The van der Waals surface area contributed by atoms with Crippen molar-refractivity contribution < 1.29 is 27.8 Å². The number of rotatable bonds is 6. The van der Waals surface area contributed by atoms with Crippen molar-refractivity contribution in [3.8, 4) is 0 Å². The summed E-state index contributed by atoms with van der Waals surface area (Å²) < 4.78 is 39.8. The van der Waals surface area contributed by atoms with Gasteiger partial charge in [0.15, 0.2) is 0 Å². The number of allylic oxidation sites excluding steroid dienone is 2. The number of nitrogens with zero attached hydrogens (tertiary/aromatic N) is 1. The molecule has 2 atom stereocenters. The number of hydrogen-bond donors (Lipinski definition) is 2. The van der Waals surface area contributed by atoms with Gasteiger partial charge >= 0.3 is 6.18 Å². The Morgan fingerprint density at radius 3 is 2.74 bits per heavy atom. The van der Waals surface area contributed by atoms with Gasteiger partial charge in [-0.25, -0.2) is 0 Å². The van der Waals surface area contributed by atoms with E-state index >= 15 is 0 Å². The van der Waals surface area contributed by atoms with Crippen LogP contribution >= 0.6 is 0 Å². The predicted molar refractivity (Wildman–Crippen MR) is 60.8 cm³/mol. The fraction of sp³-hybridized carbons (Fsp3) is 0.545. The number of carbonyl (C=O) groups is 1. The zero-order valence-corrected chi connectivity index (χ0v) is 10.0. The first-order valence-corrected chi connectivity index (χ1v) is 5.52. The normalized spacial score (nSPS) is 20.6. The summed E-state index contributed by atoms with van der Waals surface area (Å²) in [6, 6.07) is -0.720. The van der Waals surface area contributed by atoms with Gasteiger partial charge in [-0.3, -0.25) is 4.79 Å². The Morgan fingerprint density at radius 2 is 2.16 bits per heavy atom. The molecular weight excluding hydrogens is 265 g/mol. The number of aliphatic hydroxyl groups excluding tert-OH is 1. The molecule has 0 aliphatic carbocycles. The van der Waals surface area contributed by atoms with Crippen LogP contribution in [0.25, 0.3) is 0 Å². The molecule has 1 heterocycles. The Labute approximate surface area is 108 Å². The number of amides is 1. The number of halogens is 3. The lowest BCUT2D eigenvalue weighted by molar-refractivity contribution is -0.179. The fourth-order valence-corrected chi connectivity index (χ4v) is 1.57. The molecule has 0 bridgehead atoms. The van der Waals surface area contributed by atoms with Crippen LogP contribution in [0.5, 0.6) is 0 Å². The quantitative estimate of drug-likeness (QED) is 0.727. The third-order valence-corrected chi connectivity index (χ3v) is 2.33. The highest BCUT2D eigenvalue weighted by atomic mass is 19.4. The SMILES string of the molecule is NC(=O)C1C=CC=CN1CC(O)COCC(F)(F)F. The van der Waals surface area contributed by atoms with E-state index in [1.54, 1.807) is 12.2 Å². The topological polar surface area (TPSA) is 75.8 Å². The van der Waals surface area contributed by atoms with Gasteiger partial charge in [0.1, 0.15) is 12.6 Å². The van der Waals surface area contributed by atoms with Crippen LogP contribution in [0.2, 0.25) is 0 Å². The smallest absolute Gasteiger partial charge is 0.389 e. The van der Waals surface area contributed by atoms with Gasteiger partial charge in [-0.2, -0.15) is 13.2 Å². The number of alkyl halides is 3. The summed E-state index contributed by atoms with van der Waals surface area (Å²) in [4.78, 5) is 12.6. The summed E-state index contributed by atoms with van der Waals surface area (Å²) in [5.74, 6) is -0.607. The summed E-state index contributed by atoms with van der Waals surface area (Å²) in [6.45, 7) is -1.94. The van der Waals surface area contributed by atoms with E-state index in [1.807, 2.05) is 0 Å². The average molecular weight is 280 g/mol. The average Bonchev–Trinajstić information content (AvgIpc) is 2.27. The van der Waals surface area contributed by atoms with Gasteiger partial charge in [0.05, 0.1) is 12.7 Å². The van der Waals surface area contributed by atoms with E-state index in [0.29, 0.717) is 0 Å². The Kier molecular flexibility index (Phi) is 5.37. The number of carbonyl (C=O) groups excluding carboxylic acids is 1. The van der Waals surface area contributed by atoms with Crippen LogP contribution in [0.3, 0.4) is 0 Å². The van der Waals surface area contributed by atoms with Crippen molar-refractivity contribution in [3.63, 3.8) is 0 Å². The summed E-state index contributed by atoms with van der Waals surface area (Å²) in [5, 5.41) is 9.55. The second kappa shape index (κ2) is 6.58. The Bertz CT molecular complexity index is 369. The standard InChI is InChI=1S/C11H15F3N2O3/c12-11(13,14)7-19-6-8(17)5-16-4-2-1-3-9(16)10(15)18/h1-4,8-9,17H,5-7H2,(H2,15,18). The van der Waals surface area contributed by atoms with Crippen molar-refractivity contribution in [1.29, 1.82) is 0 Å². The number of hydrogen-bond acceptors (Lipinski definition) is 4. The summed E-state index contributed by atoms with van der Waals surface area (Å²) in [6.07, 6.45) is 0.735. The molecule has 0 aromatic rings. The molecule has 0 saturated carbocycles. The van der Waals surface area contributed by atoms with E-state index < -0.39 is 37.4 Å². The highest BCUT2D eigenvalue weighted by Crippen LogP contribution is 2.15. The van der Waals surface area contributed by atoms with Crippen molar-refractivity contribution in [2.75, 3.05) is 19.8 Å². The van der Waals surface area contributed by atoms with Crippen LogP contribution in [0.15, 0.2) is 24.4 Å². The zero-order valence-electron chi connectivity index (χ0n) is 10.0. The molecular formula is C11H15F3N2O3. The van der Waals surface area contributed by atoms with Gasteiger partial charge in [0, 0.05) is 12.7 Å². The first kappa shape index (κ1) is 15.5. The van der Waals surface area contributed by atoms with Gasteiger partial charge in [0.25, 0.3) is 0 Å². The highest BCUT2D eigenvalue weighted by Gasteiger charge is 2.28. The number of primary amides is 1. The molecule has 1 rings (SSSR count). The van der Waals surface area contributed by atoms with Gasteiger partial charge < -0.3 is 20.5 Å². The molecule has 3 N–H and O–H groups in total. The number of β-amino-alcohol motifs (C(OH)–C–C–N with tert-alkyl or cyclic N) is 1. The third kappa shape index (κ3) is 5.75. The minimum absolute atomic E-state index is 0.0493. The molecule has 0 radical (unpaired) electrons. The molecule has 0 spiro atoms. The summed E-state index contributed by atoms with van der Waals surface area (Å²) in [7, 11) is 0. The highest BCUT2D eigenvalue weighted by molar-refractivity contribution is 5.82. The molecule has 5 nitrogen and oxygen atoms in total. The molecule has 1 aliphatic rings. The number of aliphatic hydroxyl groups is 1. The van der Waals surface area contributed by atoms with E-state index in [0.717, 1.165) is 0 Å². The van der Waals surface area contributed by atoms with Crippen molar-refractivity contribution in [2.45, 2.75) is 18.3 Å². The zero-order chi connectivity index (χ0) is 14.5. The minimum atomic E-state index is -4.43. The first-order valence-electron chi connectivity index (χ1n) is 5.52. The molecule has 0 aromatic carbocycles. The van der Waals surface area contributed by atoms with E-state index in [4.69, 9.17) is 5.73 Å². The maximum absolute atomic E-state index is 11.8. The molecule has 0 aromatic heterocycles. The van der Waals surface area contributed by atoms with Crippen LogP contribution in [-0.4, -0.2) is 54.0 Å². The van der Waals surface area contributed by atoms with Gasteiger partial charge in [-0.1, -0.05) is 12.2 Å². The van der Waals surface area contributed by atoms with Crippen LogP contribution in [0, 0.1) is 0 Å². The lowest BCUT2D eigenvalue weighted by atomic mass is 10.1. The monoisotopic (exact) mass is 280 g/mol. The Hall–Kier alpha value is -1.54. The summed E-state index contributed by atoms with van der Waals surface area (Å²) in [5.41, 5.74) is 5.16. The van der Waals surface area contributed by atoms with Crippen LogP contribution in [0.1, 0.15) is 0 Å². The maximum Gasteiger partial charge on any atom is 0.411 e. The third-order valence-electron chi connectivity index (χ3n) is 2.33. The van der Waals surface area contributed by atoms with Gasteiger partial charge in [-0.15, -0.1) is 0 Å². The van der Waals surface area contributed by atoms with Crippen molar-refractivity contribution in [2.24, 2.45) is 5.73 Å².